The monoisotopic (exact) mass is 285 g/mol. The van der Waals surface area contributed by atoms with Crippen molar-refractivity contribution in [3.05, 3.63) is 44.2 Å². The second-order valence-electron chi connectivity index (χ2n) is 3.45. The van der Waals surface area contributed by atoms with Crippen molar-refractivity contribution < 1.29 is 10.2 Å². The number of hydrogen-bond acceptors (Lipinski definition) is 3. The number of aryl methyl sites for hydroxylation is 1. The SMILES string of the molecule is Cc1ccc(Br)c(C(O)C(O)CN=[N+]=[N-])c1. The highest BCUT2D eigenvalue weighted by Gasteiger charge is 2.19. The lowest BCUT2D eigenvalue weighted by atomic mass is 10.0. The molecule has 0 heterocycles. The van der Waals surface area contributed by atoms with Crippen LogP contribution in [0.2, 0.25) is 0 Å². The van der Waals surface area contributed by atoms with Gasteiger partial charge in [-0.2, -0.15) is 0 Å². The summed E-state index contributed by atoms with van der Waals surface area (Å²) in [6, 6.07) is 5.46. The Morgan fingerprint density at radius 1 is 1.50 bits per heavy atom. The Bertz CT molecular complexity index is 419. The summed E-state index contributed by atoms with van der Waals surface area (Å²) in [4.78, 5) is 2.53. The van der Waals surface area contributed by atoms with Crippen LogP contribution in [0.15, 0.2) is 27.8 Å². The van der Waals surface area contributed by atoms with E-state index in [1.165, 1.54) is 0 Å². The fourth-order valence-electron chi connectivity index (χ4n) is 1.32. The van der Waals surface area contributed by atoms with Crippen LogP contribution in [-0.2, 0) is 0 Å². The molecule has 1 aromatic carbocycles. The number of nitrogens with zero attached hydrogens (tertiary/aromatic N) is 3. The summed E-state index contributed by atoms with van der Waals surface area (Å²) in [7, 11) is 0. The fourth-order valence-corrected chi connectivity index (χ4v) is 1.80. The van der Waals surface area contributed by atoms with Gasteiger partial charge in [-0.15, -0.1) is 0 Å². The largest absolute Gasteiger partial charge is 0.390 e. The molecule has 86 valence electrons. The van der Waals surface area contributed by atoms with E-state index in [9.17, 15) is 10.2 Å². The molecule has 2 unspecified atom stereocenters. The van der Waals surface area contributed by atoms with E-state index >= 15 is 0 Å². The molecule has 0 aliphatic heterocycles. The first kappa shape index (κ1) is 13.0. The van der Waals surface area contributed by atoms with Crippen molar-refractivity contribution in [2.24, 2.45) is 5.11 Å². The van der Waals surface area contributed by atoms with Crippen molar-refractivity contribution in [1.29, 1.82) is 0 Å². The Labute approximate surface area is 101 Å². The van der Waals surface area contributed by atoms with E-state index in [0.717, 1.165) is 5.56 Å². The molecule has 2 N–H and O–H groups in total. The van der Waals surface area contributed by atoms with Crippen LogP contribution < -0.4 is 0 Å². The number of aliphatic hydroxyl groups is 2. The van der Waals surface area contributed by atoms with Crippen LogP contribution in [0.1, 0.15) is 17.2 Å². The molecule has 0 fully saturated rings. The quantitative estimate of drug-likeness (QED) is 0.505. The van der Waals surface area contributed by atoms with Gasteiger partial charge in [-0.25, -0.2) is 0 Å². The average Bonchev–Trinajstić information content (AvgIpc) is 2.28. The van der Waals surface area contributed by atoms with Crippen molar-refractivity contribution in [3.63, 3.8) is 0 Å². The molecular weight excluding hydrogens is 274 g/mol. The van der Waals surface area contributed by atoms with E-state index in [-0.39, 0.29) is 6.54 Å². The highest BCUT2D eigenvalue weighted by Crippen LogP contribution is 2.26. The first-order valence-electron chi connectivity index (χ1n) is 4.69. The Balaban J connectivity index is 2.90. The number of aliphatic hydroxyl groups excluding tert-OH is 2. The maximum atomic E-state index is 9.86. The van der Waals surface area contributed by atoms with Gasteiger partial charge in [0.1, 0.15) is 6.10 Å². The molecule has 5 nitrogen and oxygen atoms in total. The lowest BCUT2D eigenvalue weighted by Crippen LogP contribution is -2.21. The fraction of sp³-hybridized carbons (Fsp3) is 0.400. The van der Waals surface area contributed by atoms with Crippen LogP contribution in [-0.4, -0.2) is 22.9 Å². The first-order valence-corrected chi connectivity index (χ1v) is 5.48. The maximum absolute atomic E-state index is 9.86. The third kappa shape index (κ3) is 3.21. The summed E-state index contributed by atoms with van der Waals surface area (Å²) >= 11 is 3.29. The minimum absolute atomic E-state index is 0.155. The van der Waals surface area contributed by atoms with Gasteiger partial charge in [-0.3, -0.25) is 0 Å². The number of halogens is 1. The molecule has 0 amide bonds. The summed E-state index contributed by atoms with van der Waals surface area (Å²) in [6.07, 6.45) is -2.17. The molecule has 0 aliphatic rings. The molecule has 0 saturated carbocycles. The van der Waals surface area contributed by atoms with Crippen LogP contribution in [0.25, 0.3) is 10.4 Å². The highest BCUT2D eigenvalue weighted by atomic mass is 79.9. The van der Waals surface area contributed by atoms with E-state index < -0.39 is 12.2 Å². The smallest absolute Gasteiger partial charge is 0.106 e. The Kier molecular flexibility index (Phi) is 4.76. The number of azide groups is 1. The van der Waals surface area contributed by atoms with Gasteiger partial charge < -0.3 is 10.2 Å². The van der Waals surface area contributed by atoms with Gasteiger partial charge in [0.15, 0.2) is 0 Å². The standard InChI is InChI=1S/C10H12BrN3O2/c1-6-2-3-8(11)7(4-6)10(16)9(15)5-13-14-12/h2-4,9-10,15-16H,5H2,1H3. The van der Waals surface area contributed by atoms with Crippen LogP contribution in [0, 0.1) is 6.92 Å². The van der Waals surface area contributed by atoms with E-state index in [1.807, 2.05) is 13.0 Å². The minimum Gasteiger partial charge on any atom is -0.390 e. The van der Waals surface area contributed by atoms with Crippen molar-refractivity contribution >= 4 is 15.9 Å². The molecular formula is C10H12BrN3O2. The number of benzene rings is 1. The van der Waals surface area contributed by atoms with Gasteiger partial charge in [-0.05, 0) is 24.1 Å². The number of hydrogen-bond donors (Lipinski definition) is 2. The topological polar surface area (TPSA) is 89.2 Å². The Morgan fingerprint density at radius 2 is 2.19 bits per heavy atom. The first-order chi connectivity index (χ1) is 7.56. The zero-order chi connectivity index (χ0) is 12.1. The Morgan fingerprint density at radius 3 is 2.81 bits per heavy atom. The normalized spacial score (nSPS) is 14.0. The second-order valence-corrected chi connectivity index (χ2v) is 4.30. The lowest BCUT2D eigenvalue weighted by molar-refractivity contribution is 0.0239. The lowest BCUT2D eigenvalue weighted by Gasteiger charge is -2.18. The van der Waals surface area contributed by atoms with E-state index in [1.54, 1.807) is 12.1 Å². The van der Waals surface area contributed by atoms with E-state index in [2.05, 4.69) is 26.0 Å². The molecule has 1 rings (SSSR count). The zero-order valence-corrected chi connectivity index (χ0v) is 10.3. The van der Waals surface area contributed by atoms with Crippen LogP contribution in [0.5, 0.6) is 0 Å². The van der Waals surface area contributed by atoms with Crippen LogP contribution >= 0.6 is 15.9 Å². The maximum Gasteiger partial charge on any atom is 0.106 e. The van der Waals surface area contributed by atoms with Gasteiger partial charge in [0.05, 0.1) is 12.6 Å². The van der Waals surface area contributed by atoms with Crippen molar-refractivity contribution in [2.75, 3.05) is 6.54 Å². The molecule has 2 atom stereocenters. The van der Waals surface area contributed by atoms with Crippen molar-refractivity contribution in [1.82, 2.24) is 0 Å². The van der Waals surface area contributed by atoms with Crippen molar-refractivity contribution in [3.8, 4) is 0 Å². The van der Waals surface area contributed by atoms with Gasteiger partial charge in [0.25, 0.3) is 0 Å². The summed E-state index contributed by atoms with van der Waals surface area (Å²) in [5.74, 6) is 0. The Hall–Kier alpha value is -1.07. The molecule has 0 aromatic heterocycles. The molecule has 6 heteroatoms. The summed E-state index contributed by atoms with van der Waals surface area (Å²) < 4.78 is 0.714. The highest BCUT2D eigenvalue weighted by molar-refractivity contribution is 9.10. The molecule has 0 radical (unpaired) electrons. The molecule has 16 heavy (non-hydrogen) atoms. The second kappa shape index (κ2) is 5.86. The van der Waals surface area contributed by atoms with E-state index in [0.29, 0.717) is 10.0 Å². The van der Waals surface area contributed by atoms with Gasteiger partial charge in [0.2, 0.25) is 0 Å². The van der Waals surface area contributed by atoms with Crippen LogP contribution in [0.3, 0.4) is 0 Å². The van der Waals surface area contributed by atoms with Crippen molar-refractivity contribution in [2.45, 2.75) is 19.1 Å². The molecule has 0 bridgehead atoms. The van der Waals surface area contributed by atoms with Crippen LogP contribution in [0.4, 0.5) is 0 Å². The van der Waals surface area contributed by atoms with Gasteiger partial charge in [-0.1, -0.05) is 38.7 Å². The van der Waals surface area contributed by atoms with Gasteiger partial charge >= 0.3 is 0 Å². The summed E-state index contributed by atoms with van der Waals surface area (Å²) in [5.41, 5.74) is 9.69. The van der Waals surface area contributed by atoms with Gasteiger partial charge in [0, 0.05) is 9.38 Å². The molecule has 0 saturated heterocycles. The summed E-state index contributed by atoms with van der Waals surface area (Å²) in [5, 5.41) is 22.7. The molecule has 0 aliphatic carbocycles. The average molecular weight is 286 g/mol. The third-order valence-corrected chi connectivity index (χ3v) is 2.89. The third-order valence-electron chi connectivity index (χ3n) is 2.17. The predicted molar refractivity (Wildman–Crippen MR) is 63.9 cm³/mol. The molecule has 0 spiro atoms. The minimum atomic E-state index is -1.10. The number of rotatable bonds is 4. The van der Waals surface area contributed by atoms with E-state index in [4.69, 9.17) is 5.53 Å². The zero-order valence-electron chi connectivity index (χ0n) is 8.71. The predicted octanol–water partition coefficient (Wildman–Crippen LogP) is 2.46. The molecule has 1 aromatic rings. The summed E-state index contributed by atoms with van der Waals surface area (Å²) in [6.45, 7) is 1.74.